The maximum absolute atomic E-state index is 13.2. The Morgan fingerprint density at radius 3 is 2.71 bits per heavy atom. The molecule has 0 spiro atoms. The van der Waals surface area contributed by atoms with Gasteiger partial charge in [0.15, 0.2) is 23.3 Å². The summed E-state index contributed by atoms with van der Waals surface area (Å²) >= 11 is 0. The summed E-state index contributed by atoms with van der Waals surface area (Å²) in [5.41, 5.74) is 10.2. The average molecular weight is 244 g/mol. The normalized spacial score (nSPS) is 10.2. The highest BCUT2D eigenvalue weighted by Gasteiger charge is 2.08. The lowest BCUT2D eigenvalue weighted by Gasteiger charge is -2.07. The number of halogens is 2. The van der Waals surface area contributed by atoms with E-state index in [4.69, 9.17) is 11.5 Å². The Morgan fingerprint density at radius 2 is 2.06 bits per heavy atom. The predicted octanol–water partition coefficient (Wildman–Crippen LogP) is 1.01. The van der Waals surface area contributed by atoms with E-state index in [1.165, 1.54) is 0 Å². The fraction of sp³-hybridized carbons (Fsp3) is 0.400. The number of rotatable bonds is 6. The van der Waals surface area contributed by atoms with Gasteiger partial charge < -0.3 is 16.8 Å². The zero-order chi connectivity index (χ0) is 12.8. The number of aromatic nitrogens is 1. The van der Waals surface area contributed by atoms with Crippen molar-refractivity contribution in [1.82, 2.24) is 4.98 Å². The van der Waals surface area contributed by atoms with Crippen molar-refractivity contribution in [3.05, 3.63) is 17.7 Å². The van der Waals surface area contributed by atoms with E-state index >= 15 is 0 Å². The zero-order valence-corrected chi connectivity index (χ0v) is 9.17. The first-order valence-corrected chi connectivity index (χ1v) is 5.14. The number of nitrogens with zero attached hydrogens (tertiary/aromatic N) is 1. The second-order valence-corrected chi connectivity index (χ2v) is 3.54. The van der Waals surface area contributed by atoms with Gasteiger partial charge in [-0.1, -0.05) is 0 Å². The Bertz CT molecular complexity index is 412. The molecule has 0 bridgehead atoms. The highest BCUT2D eigenvalue weighted by Crippen LogP contribution is 2.16. The fourth-order valence-corrected chi connectivity index (χ4v) is 1.24. The molecule has 17 heavy (non-hydrogen) atoms. The molecule has 0 aliphatic carbocycles. The van der Waals surface area contributed by atoms with Gasteiger partial charge in [0.1, 0.15) is 0 Å². The minimum Gasteiger partial charge on any atom is -0.381 e. The summed E-state index contributed by atoms with van der Waals surface area (Å²) in [6.45, 7) is 0.405. The van der Waals surface area contributed by atoms with E-state index in [9.17, 15) is 13.6 Å². The first kappa shape index (κ1) is 13.1. The highest BCUT2D eigenvalue weighted by atomic mass is 19.1. The van der Waals surface area contributed by atoms with E-state index < -0.39 is 11.6 Å². The molecular weight excluding hydrogens is 230 g/mol. The van der Waals surface area contributed by atoms with Crippen molar-refractivity contribution in [2.24, 2.45) is 5.73 Å². The van der Waals surface area contributed by atoms with Gasteiger partial charge in [0.05, 0.1) is 0 Å². The minimum atomic E-state index is -0.887. The van der Waals surface area contributed by atoms with Gasteiger partial charge in [0, 0.05) is 19.0 Å². The third kappa shape index (κ3) is 4.21. The van der Waals surface area contributed by atoms with Gasteiger partial charge in [-0.15, -0.1) is 0 Å². The van der Waals surface area contributed by atoms with Crippen molar-refractivity contribution < 1.29 is 13.6 Å². The Labute approximate surface area is 97.2 Å². The van der Waals surface area contributed by atoms with Crippen molar-refractivity contribution in [3.63, 3.8) is 0 Å². The molecule has 1 aromatic heterocycles. The lowest BCUT2D eigenvalue weighted by atomic mass is 10.2. The predicted molar refractivity (Wildman–Crippen MR) is 60.1 cm³/mol. The van der Waals surface area contributed by atoms with Crippen LogP contribution in [0.2, 0.25) is 0 Å². The SMILES string of the molecule is NC(=O)CCCCNc1nc(N)c(F)cc1F. The van der Waals surface area contributed by atoms with E-state index in [2.05, 4.69) is 10.3 Å². The van der Waals surface area contributed by atoms with Crippen LogP contribution in [0.3, 0.4) is 0 Å². The number of primary amides is 1. The topological polar surface area (TPSA) is 94.0 Å². The van der Waals surface area contributed by atoms with Gasteiger partial charge in [0.2, 0.25) is 5.91 Å². The first-order chi connectivity index (χ1) is 8.00. The molecule has 0 aromatic carbocycles. The van der Waals surface area contributed by atoms with Crippen molar-refractivity contribution in [1.29, 1.82) is 0 Å². The second kappa shape index (κ2) is 5.97. The Hall–Kier alpha value is -1.92. The molecule has 0 saturated heterocycles. The number of carbonyl (C=O) groups excluding carboxylic acids is 1. The molecule has 7 heteroatoms. The summed E-state index contributed by atoms with van der Waals surface area (Å²) in [5.74, 6) is -2.51. The lowest BCUT2D eigenvalue weighted by molar-refractivity contribution is -0.118. The van der Waals surface area contributed by atoms with Crippen LogP contribution in [0.15, 0.2) is 6.07 Å². The number of hydrogen-bond donors (Lipinski definition) is 3. The number of anilines is 2. The maximum atomic E-state index is 13.2. The molecule has 1 aromatic rings. The number of amides is 1. The summed E-state index contributed by atoms with van der Waals surface area (Å²) in [6, 6.07) is 0.675. The smallest absolute Gasteiger partial charge is 0.217 e. The van der Waals surface area contributed by atoms with Gasteiger partial charge >= 0.3 is 0 Å². The van der Waals surface area contributed by atoms with Crippen LogP contribution in [0, 0.1) is 11.6 Å². The number of unbranched alkanes of at least 4 members (excludes halogenated alkanes) is 1. The minimum absolute atomic E-state index is 0.0945. The molecular formula is C10H14F2N4O. The molecule has 1 rings (SSSR count). The molecule has 0 atom stereocenters. The van der Waals surface area contributed by atoms with Gasteiger partial charge in [-0.25, -0.2) is 13.8 Å². The van der Waals surface area contributed by atoms with Gasteiger partial charge in [-0.3, -0.25) is 4.79 Å². The summed E-state index contributed by atoms with van der Waals surface area (Å²) in [4.78, 5) is 14.0. The number of pyridine rings is 1. The van der Waals surface area contributed by atoms with Crippen LogP contribution in [0.4, 0.5) is 20.4 Å². The molecule has 0 unspecified atom stereocenters. The molecule has 0 aliphatic rings. The maximum Gasteiger partial charge on any atom is 0.217 e. The molecule has 0 fully saturated rings. The van der Waals surface area contributed by atoms with Crippen LogP contribution in [-0.2, 0) is 4.79 Å². The standard InChI is InChI=1S/C10H14F2N4O/c11-6-5-7(12)10(16-9(6)14)15-4-2-1-3-8(13)17/h5H,1-4H2,(H2,13,17)(H3,14,15,16). The van der Waals surface area contributed by atoms with Gasteiger partial charge in [0.25, 0.3) is 0 Å². The van der Waals surface area contributed by atoms with Crippen LogP contribution < -0.4 is 16.8 Å². The highest BCUT2D eigenvalue weighted by molar-refractivity contribution is 5.73. The van der Waals surface area contributed by atoms with Crippen molar-refractivity contribution in [2.75, 3.05) is 17.6 Å². The Balaban J connectivity index is 2.41. The molecule has 5 N–H and O–H groups in total. The van der Waals surface area contributed by atoms with Crippen LogP contribution in [0.25, 0.3) is 0 Å². The van der Waals surface area contributed by atoms with E-state index in [-0.39, 0.29) is 24.0 Å². The zero-order valence-electron chi connectivity index (χ0n) is 9.17. The quantitative estimate of drug-likeness (QED) is 0.651. The van der Waals surface area contributed by atoms with Gasteiger partial charge in [-0.05, 0) is 12.8 Å². The van der Waals surface area contributed by atoms with Crippen LogP contribution >= 0.6 is 0 Å². The summed E-state index contributed by atoms with van der Waals surface area (Å²) in [5, 5.41) is 2.67. The van der Waals surface area contributed by atoms with Gasteiger partial charge in [-0.2, -0.15) is 0 Å². The largest absolute Gasteiger partial charge is 0.381 e. The molecule has 94 valence electrons. The number of nitrogens with one attached hydrogen (secondary N) is 1. The Kier molecular flexibility index (Phi) is 4.62. The van der Waals surface area contributed by atoms with E-state index in [0.29, 0.717) is 25.5 Å². The third-order valence-electron chi connectivity index (χ3n) is 2.10. The lowest BCUT2D eigenvalue weighted by Crippen LogP contribution is -2.12. The molecule has 1 amide bonds. The second-order valence-electron chi connectivity index (χ2n) is 3.54. The van der Waals surface area contributed by atoms with Crippen LogP contribution in [0.1, 0.15) is 19.3 Å². The van der Waals surface area contributed by atoms with Crippen molar-refractivity contribution in [3.8, 4) is 0 Å². The number of carbonyl (C=O) groups is 1. The average Bonchev–Trinajstić information content (AvgIpc) is 2.24. The molecule has 0 radical (unpaired) electrons. The summed E-state index contributed by atoms with van der Waals surface area (Å²) < 4.78 is 26.0. The molecule has 0 aliphatic heterocycles. The van der Waals surface area contributed by atoms with Crippen LogP contribution in [0.5, 0.6) is 0 Å². The van der Waals surface area contributed by atoms with Crippen LogP contribution in [-0.4, -0.2) is 17.4 Å². The monoisotopic (exact) mass is 244 g/mol. The Morgan fingerprint density at radius 1 is 1.35 bits per heavy atom. The van der Waals surface area contributed by atoms with E-state index in [0.717, 1.165) is 0 Å². The number of hydrogen-bond acceptors (Lipinski definition) is 4. The van der Waals surface area contributed by atoms with Crippen molar-refractivity contribution >= 4 is 17.5 Å². The van der Waals surface area contributed by atoms with Crippen molar-refractivity contribution in [2.45, 2.75) is 19.3 Å². The first-order valence-electron chi connectivity index (χ1n) is 5.14. The number of nitrogens with two attached hydrogens (primary N) is 2. The fourth-order valence-electron chi connectivity index (χ4n) is 1.24. The molecule has 1 heterocycles. The van der Waals surface area contributed by atoms with E-state index in [1.54, 1.807) is 0 Å². The molecule has 0 saturated carbocycles. The molecule has 5 nitrogen and oxygen atoms in total. The third-order valence-corrected chi connectivity index (χ3v) is 2.10. The number of nitrogen functional groups attached to an aromatic ring is 1. The summed E-state index contributed by atoms with van der Waals surface area (Å²) in [6.07, 6.45) is 1.51. The summed E-state index contributed by atoms with van der Waals surface area (Å²) in [7, 11) is 0. The van der Waals surface area contributed by atoms with E-state index in [1.807, 2.05) is 0 Å².